The molecule has 86 valence electrons. The van der Waals surface area contributed by atoms with Gasteiger partial charge in [-0.2, -0.15) is 0 Å². The fourth-order valence-electron chi connectivity index (χ4n) is 1.01. The summed E-state index contributed by atoms with van der Waals surface area (Å²) in [6, 6.07) is 3.80. The minimum atomic E-state index is -0.790. The summed E-state index contributed by atoms with van der Waals surface area (Å²) in [6.07, 6.45) is 0. The number of aromatic hydroxyl groups is 1. The highest BCUT2D eigenvalue weighted by Crippen LogP contribution is 2.35. The molecule has 0 aromatic heterocycles. The monoisotopic (exact) mass is 227 g/mol. The van der Waals surface area contributed by atoms with Crippen LogP contribution in [0.2, 0.25) is 0 Å². The summed E-state index contributed by atoms with van der Waals surface area (Å²) in [7, 11) is 1.17. The summed E-state index contributed by atoms with van der Waals surface area (Å²) in [5, 5.41) is 19.9. The van der Waals surface area contributed by atoms with Crippen LogP contribution in [0.3, 0.4) is 0 Å². The lowest BCUT2D eigenvalue weighted by atomic mass is 10.3. The molecular weight excluding hydrogens is 218 g/mol. The van der Waals surface area contributed by atoms with Gasteiger partial charge in [-0.25, -0.2) is 4.79 Å². The highest BCUT2D eigenvalue weighted by Gasteiger charge is 2.21. The summed E-state index contributed by atoms with van der Waals surface area (Å²) in [6.45, 7) is -0.458. The maximum atomic E-state index is 10.8. The number of nitrogens with zero attached hydrogens (tertiary/aromatic N) is 1. The fourth-order valence-corrected chi connectivity index (χ4v) is 1.01. The minimum absolute atomic E-state index is 0.185. The molecule has 7 nitrogen and oxygen atoms in total. The molecule has 1 rings (SSSR count). The number of rotatable bonds is 4. The predicted molar refractivity (Wildman–Crippen MR) is 52.3 cm³/mol. The number of nitro groups is 1. The van der Waals surface area contributed by atoms with Crippen molar-refractivity contribution >= 4 is 11.7 Å². The first kappa shape index (κ1) is 11.8. The Hall–Kier alpha value is -2.31. The van der Waals surface area contributed by atoms with Crippen molar-refractivity contribution in [3.63, 3.8) is 0 Å². The van der Waals surface area contributed by atoms with Crippen molar-refractivity contribution in [3.05, 3.63) is 28.3 Å². The third kappa shape index (κ3) is 2.59. The number of benzene rings is 1. The second-order valence-electron chi connectivity index (χ2n) is 2.75. The van der Waals surface area contributed by atoms with Gasteiger partial charge in [0, 0.05) is 0 Å². The van der Waals surface area contributed by atoms with Gasteiger partial charge in [-0.3, -0.25) is 10.1 Å². The first-order chi connectivity index (χ1) is 7.56. The zero-order chi connectivity index (χ0) is 12.1. The molecule has 0 saturated carbocycles. The van der Waals surface area contributed by atoms with Gasteiger partial charge in [0.1, 0.15) is 0 Å². The molecule has 0 saturated heterocycles. The van der Waals surface area contributed by atoms with Gasteiger partial charge in [0.2, 0.25) is 5.75 Å². The van der Waals surface area contributed by atoms with E-state index in [1.54, 1.807) is 0 Å². The van der Waals surface area contributed by atoms with Crippen LogP contribution in [0.25, 0.3) is 0 Å². The van der Waals surface area contributed by atoms with E-state index in [4.69, 9.17) is 4.74 Å². The van der Waals surface area contributed by atoms with Gasteiger partial charge in [0.05, 0.1) is 12.0 Å². The molecule has 0 bridgehead atoms. The third-order valence-corrected chi connectivity index (χ3v) is 1.73. The molecule has 1 N–H and O–H groups in total. The number of methoxy groups -OCH3 is 1. The number of nitro benzene ring substituents is 1. The Morgan fingerprint density at radius 2 is 2.25 bits per heavy atom. The summed E-state index contributed by atoms with van der Waals surface area (Å²) in [5.74, 6) is -1.37. The van der Waals surface area contributed by atoms with Crippen molar-refractivity contribution in [1.29, 1.82) is 0 Å². The predicted octanol–water partition coefficient (Wildman–Crippen LogP) is 0.852. The third-order valence-electron chi connectivity index (χ3n) is 1.73. The molecular formula is C9H9NO6. The number of carbonyl (C=O) groups excluding carboxylic acids is 1. The van der Waals surface area contributed by atoms with E-state index >= 15 is 0 Å². The van der Waals surface area contributed by atoms with Crippen LogP contribution in [0, 0.1) is 10.1 Å². The Morgan fingerprint density at radius 1 is 1.56 bits per heavy atom. The highest BCUT2D eigenvalue weighted by atomic mass is 16.6. The normalized spacial score (nSPS) is 9.56. The quantitative estimate of drug-likeness (QED) is 0.465. The number of hydrogen-bond acceptors (Lipinski definition) is 6. The van der Waals surface area contributed by atoms with E-state index in [2.05, 4.69) is 4.74 Å². The smallest absolute Gasteiger partial charge is 0.352 e. The highest BCUT2D eigenvalue weighted by molar-refractivity contribution is 5.71. The van der Waals surface area contributed by atoms with E-state index in [0.29, 0.717) is 0 Å². The van der Waals surface area contributed by atoms with E-state index in [0.717, 1.165) is 6.07 Å². The zero-order valence-electron chi connectivity index (χ0n) is 8.37. The van der Waals surface area contributed by atoms with Crippen LogP contribution in [-0.2, 0) is 9.53 Å². The number of para-hydroxylation sites is 1. The Balaban J connectivity index is 2.91. The molecule has 0 unspecified atom stereocenters. The molecule has 0 fully saturated rings. The number of carbonyl (C=O) groups is 1. The maximum Gasteiger partial charge on any atom is 0.352 e. The van der Waals surface area contributed by atoms with Crippen molar-refractivity contribution in [2.75, 3.05) is 13.7 Å². The van der Waals surface area contributed by atoms with Crippen LogP contribution >= 0.6 is 0 Å². The summed E-state index contributed by atoms with van der Waals surface area (Å²) in [5.41, 5.74) is -0.577. The van der Waals surface area contributed by atoms with Gasteiger partial charge >= 0.3 is 11.7 Å². The molecule has 7 heteroatoms. The van der Waals surface area contributed by atoms with Crippen molar-refractivity contribution in [3.8, 4) is 11.5 Å². The van der Waals surface area contributed by atoms with Crippen LogP contribution < -0.4 is 4.74 Å². The largest absolute Gasteiger partial charge is 0.502 e. The van der Waals surface area contributed by atoms with E-state index in [-0.39, 0.29) is 5.75 Å². The Bertz CT molecular complexity index is 416. The summed E-state index contributed by atoms with van der Waals surface area (Å²) >= 11 is 0. The fraction of sp³-hybridized carbons (Fsp3) is 0.222. The van der Waals surface area contributed by atoms with E-state index in [1.807, 2.05) is 0 Å². The second-order valence-corrected chi connectivity index (χ2v) is 2.75. The first-order valence-corrected chi connectivity index (χ1v) is 4.22. The lowest BCUT2D eigenvalue weighted by Gasteiger charge is -2.05. The first-order valence-electron chi connectivity index (χ1n) is 4.22. The van der Waals surface area contributed by atoms with Gasteiger partial charge in [-0.05, 0) is 12.1 Å². The van der Waals surface area contributed by atoms with E-state index in [9.17, 15) is 20.0 Å². The lowest BCUT2D eigenvalue weighted by molar-refractivity contribution is -0.386. The molecule has 0 radical (unpaired) electrons. The Labute approximate surface area is 90.4 Å². The van der Waals surface area contributed by atoms with Crippen LogP contribution in [0.15, 0.2) is 18.2 Å². The topological polar surface area (TPSA) is 98.9 Å². The van der Waals surface area contributed by atoms with E-state index < -0.39 is 28.9 Å². The SMILES string of the molecule is COC(=O)COc1cccc(O)c1[N+](=O)[O-]. The molecule has 0 heterocycles. The molecule has 1 aromatic rings. The average molecular weight is 227 g/mol. The van der Waals surface area contributed by atoms with Crippen molar-refractivity contribution in [2.24, 2.45) is 0 Å². The van der Waals surface area contributed by atoms with Crippen molar-refractivity contribution < 1.29 is 24.3 Å². The van der Waals surface area contributed by atoms with Crippen LogP contribution in [0.5, 0.6) is 11.5 Å². The average Bonchev–Trinajstić information content (AvgIpc) is 2.25. The standard InChI is InChI=1S/C9H9NO6/c1-15-8(12)5-16-7-4-2-3-6(11)9(7)10(13)14/h2-4,11H,5H2,1H3. The second kappa shape index (κ2) is 4.96. The number of esters is 1. The molecule has 0 aliphatic rings. The maximum absolute atomic E-state index is 10.8. The summed E-state index contributed by atoms with van der Waals surface area (Å²) < 4.78 is 9.16. The van der Waals surface area contributed by atoms with Crippen LogP contribution in [-0.4, -0.2) is 29.7 Å². The number of hydrogen-bond donors (Lipinski definition) is 1. The number of ether oxygens (including phenoxy) is 2. The Morgan fingerprint density at radius 3 is 2.81 bits per heavy atom. The molecule has 16 heavy (non-hydrogen) atoms. The van der Waals surface area contributed by atoms with Gasteiger partial charge in [-0.15, -0.1) is 0 Å². The van der Waals surface area contributed by atoms with Crippen LogP contribution in [0.1, 0.15) is 0 Å². The van der Waals surface area contributed by atoms with Gasteiger partial charge in [0.15, 0.2) is 12.4 Å². The minimum Gasteiger partial charge on any atom is -0.502 e. The molecule has 1 aromatic carbocycles. The molecule has 0 aliphatic carbocycles. The molecule has 0 amide bonds. The molecule has 0 spiro atoms. The Kier molecular flexibility index (Phi) is 3.65. The van der Waals surface area contributed by atoms with Crippen molar-refractivity contribution in [1.82, 2.24) is 0 Å². The van der Waals surface area contributed by atoms with E-state index in [1.165, 1.54) is 19.2 Å². The number of phenols is 1. The summed E-state index contributed by atoms with van der Waals surface area (Å²) in [4.78, 5) is 20.6. The van der Waals surface area contributed by atoms with Gasteiger partial charge in [0.25, 0.3) is 0 Å². The zero-order valence-corrected chi connectivity index (χ0v) is 8.37. The van der Waals surface area contributed by atoms with Crippen molar-refractivity contribution in [2.45, 2.75) is 0 Å². The number of phenolic OH excluding ortho intramolecular Hbond substituents is 1. The molecule has 0 aliphatic heterocycles. The van der Waals surface area contributed by atoms with Gasteiger partial charge < -0.3 is 14.6 Å². The molecule has 0 atom stereocenters. The lowest BCUT2D eigenvalue weighted by Crippen LogP contribution is -2.13. The van der Waals surface area contributed by atoms with Crippen LogP contribution in [0.4, 0.5) is 5.69 Å². The van der Waals surface area contributed by atoms with Gasteiger partial charge in [-0.1, -0.05) is 6.07 Å².